The summed E-state index contributed by atoms with van der Waals surface area (Å²) in [5.41, 5.74) is -1.04. The molecule has 0 fully saturated rings. The van der Waals surface area contributed by atoms with Gasteiger partial charge in [0.15, 0.2) is 0 Å². The summed E-state index contributed by atoms with van der Waals surface area (Å²) in [6, 6.07) is 10.2. The van der Waals surface area contributed by atoms with Crippen LogP contribution in [0.5, 0.6) is 5.75 Å². The fraction of sp³-hybridized carbons (Fsp3) is 0.0769. The zero-order valence-electron chi connectivity index (χ0n) is 9.41. The molecule has 0 radical (unpaired) electrons. The average Bonchev–Trinajstić information content (AvgIpc) is 2.33. The lowest BCUT2D eigenvalue weighted by Gasteiger charge is -2.10. The summed E-state index contributed by atoms with van der Waals surface area (Å²) in [6.45, 7) is 0. The summed E-state index contributed by atoms with van der Waals surface area (Å²) in [5, 5.41) is 9.79. The number of alkyl halides is 3. The van der Waals surface area contributed by atoms with Crippen molar-refractivity contribution in [3.63, 3.8) is 0 Å². The third-order valence-corrected chi connectivity index (χ3v) is 3.57. The van der Waals surface area contributed by atoms with Crippen LogP contribution in [-0.2, 0) is 6.18 Å². The van der Waals surface area contributed by atoms with Gasteiger partial charge in [-0.2, -0.15) is 13.2 Å². The minimum atomic E-state index is -4.57. The summed E-state index contributed by atoms with van der Waals surface area (Å²) >= 11 is 6.89. The van der Waals surface area contributed by atoms with Gasteiger partial charge >= 0.3 is 6.18 Å². The molecule has 2 aromatic rings. The highest BCUT2D eigenvalue weighted by molar-refractivity contribution is 7.99. The zero-order valence-corrected chi connectivity index (χ0v) is 11.0. The van der Waals surface area contributed by atoms with E-state index >= 15 is 0 Å². The van der Waals surface area contributed by atoms with Gasteiger partial charge < -0.3 is 5.11 Å². The lowest BCUT2D eigenvalue weighted by Crippen LogP contribution is -2.05. The number of phenols is 1. The minimum Gasteiger partial charge on any atom is -0.507 e. The number of rotatable bonds is 2. The van der Waals surface area contributed by atoms with Crippen molar-refractivity contribution in [2.75, 3.05) is 0 Å². The average molecular weight is 305 g/mol. The van der Waals surface area contributed by atoms with E-state index < -0.39 is 17.5 Å². The number of halogens is 4. The van der Waals surface area contributed by atoms with Crippen molar-refractivity contribution in [1.82, 2.24) is 0 Å². The van der Waals surface area contributed by atoms with Crippen LogP contribution in [0.2, 0.25) is 5.02 Å². The lowest BCUT2D eigenvalue weighted by atomic mass is 10.2. The second kappa shape index (κ2) is 5.35. The van der Waals surface area contributed by atoms with Crippen molar-refractivity contribution >= 4 is 23.4 Å². The summed E-state index contributed by atoms with van der Waals surface area (Å²) in [6.07, 6.45) is -4.57. The van der Waals surface area contributed by atoms with Crippen LogP contribution in [0.25, 0.3) is 0 Å². The van der Waals surface area contributed by atoms with Gasteiger partial charge in [-0.15, -0.1) is 0 Å². The first-order valence-electron chi connectivity index (χ1n) is 5.20. The summed E-state index contributed by atoms with van der Waals surface area (Å²) in [7, 11) is 0. The molecule has 100 valence electrons. The number of phenolic OH excluding ortho intramolecular Hbond substituents is 1. The molecule has 0 spiro atoms. The van der Waals surface area contributed by atoms with Crippen molar-refractivity contribution in [2.24, 2.45) is 0 Å². The minimum absolute atomic E-state index is 0.396. The standard InChI is InChI=1S/C13H8ClF3OS/c14-8-1-3-9(4-2-8)19-10-5-6-12(18)11(7-10)13(15,16)17/h1-7,18H. The molecule has 6 heteroatoms. The Bertz CT molecular complexity index is 581. The second-order valence-corrected chi connectivity index (χ2v) is 5.32. The lowest BCUT2D eigenvalue weighted by molar-refractivity contribution is -0.138. The van der Waals surface area contributed by atoms with Gasteiger partial charge in [0.05, 0.1) is 5.56 Å². The van der Waals surface area contributed by atoms with E-state index in [0.717, 1.165) is 17.0 Å². The molecule has 0 aliphatic carbocycles. The fourth-order valence-corrected chi connectivity index (χ4v) is 2.43. The smallest absolute Gasteiger partial charge is 0.419 e. The van der Waals surface area contributed by atoms with E-state index in [9.17, 15) is 18.3 Å². The fourth-order valence-electron chi connectivity index (χ4n) is 1.44. The normalized spacial score (nSPS) is 11.6. The Morgan fingerprint density at radius 3 is 2.11 bits per heavy atom. The van der Waals surface area contributed by atoms with Crippen LogP contribution in [0.4, 0.5) is 13.2 Å². The maximum atomic E-state index is 12.6. The highest BCUT2D eigenvalue weighted by atomic mass is 35.5. The van der Waals surface area contributed by atoms with Gasteiger partial charge in [-0.05, 0) is 42.5 Å². The molecule has 1 N–H and O–H groups in total. The Labute approximate surface area is 117 Å². The first kappa shape index (κ1) is 14.1. The van der Waals surface area contributed by atoms with Gasteiger partial charge in [-0.25, -0.2) is 0 Å². The zero-order chi connectivity index (χ0) is 14.0. The van der Waals surface area contributed by atoms with E-state index in [4.69, 9.17) is 11.6 Å². The van der Waals surface area contributed by atoms with E-state index in [-0.39, 0.29) is 0 Å². The van der Waals surface area contributed by atoms with E-state index in [1.165, 1.54) is 17.8 Å². The van der Waals surface area contributed by atoms with Gasteiger partial charge in [0.25, 0.3) is 0 Å². The predicted octanol–water partition coefficient (Wildman–Crippen LogP) is 5.22. The summed E-state index contributed by atoms with van der Waals surface area (Å²) in [4.78, 5) is 1.16. The molecule has 0 aliphatic heterocycles. The molecule has 0 heterocycles. The van der Waals surface area contributed by atoms with Crippen LogP contribution in [0, 0.1) is 0 Å². The number of hydrogen-bond acceptors (Lipinski definition) is 2. The molecule has 0 aromatic heterocycles. The maximum absolute atomic E-state index is 12.6. The topological polar surface area (TPSA) is 20.2 Å². The molecular formula is C13H8ClF3OS. The molecule has 1 nitrogen and oxygen atoms in total. The maximum Gasteiger partial charge on any atom is 0.419 e. The van der Waals surface area contributed by atoms with E-state index in [0.29, 0.717) is 9.92 Å². The quantitative estimate of drug-likeness (QED) is 0.821. The van der Waals surface area contributed by atoms with Gasteiger partial charge in [0.1, 0.15) is 5.75 Å². The molecule has 19 heavy (non-hydrogen) atoms. The van der Waals surface area contributed by atoms with Crippen LogP contribution in [0.15, 0.2) is 52.3 Å². The molecule has 0 bridgehead atoms. The number of hydrogen-bond donors (Lipinski definition) is 1. The monoisotopic (exact) mass is 304 g/mol. The Balaban J connectivity index is 2.29. The van der Waals surface area contributed by atoms with Crippen LogP contribution in [0.3, 0.4) is 0 Å². The number of benzene rings is 2. The molecule has 0 amide bonds. The Hall–Kier alpha value is -1.33. The van der Waals surface area contributed by atoms with Crippen LogP contribution >= 0.6 is 23.4 Å². The van der Waals surface area contributed by atoms with Gasteiger partial charge in [-0.1, -0.05) is 23.4 Å². The van der Waals surface area contributed by atoms with E-state index in [1.54, 1.807) is 24.3 Å². The molecule has 0 saturated heterocycles. The molecule has 0 unspecified atom stereocenters. The van der Waals surface area contributed by atoms with Crippen molar-refractivity contribution in [3.8, 4) is 5.75 Å². The molecule has 0 atom stereocenters. The van der Waals surface area contributed by atoms with Crippen LogP contribution in [0.1, 0.15) is 5.56 Å². The highest BCUT2D eigenvalue weighted by Crippen LogP contribution is 2.39. The molecule has 0 saturated carbocycles. The van der Waals surface area contributed by atoms with Crippen molar-refractivity contribution < 1.29 is 18.3 Å². The van der Waals surface area contributed by atoms with Gasteiger partial charge in [0.2, 0.25) is 0 Å². The van der Waals surface area contributed by atoms with Gasteiger partial charge in [-0.3, -0.25) is 0 Å². The second-order valence-electron chi connectivity index (χ2n) is 3.73. The summed E-state index contributed by atoms with van der Waals surface area (Å²) < 4.78 is 37.9. The van der Waals surface area contributed by atoms with Crippen LogP contribution < -0.4 is 0 Å². The third-order valence-electron chi connectivity index (χ3n) is 2.32. The first-order chi connectivity index (χ1) is 8.86. The van der Waals surface area contributed by atoms with Crippen molar-refractivity contribution in [2.45, 2.75) is 16.0 Å². The molecule has 2 rings (SSSR count). The molecule has 2 aromatic carbocycles. The Morgan fingerprint density at radius 2 is 1.53 bits per heavy atom. The van der Waals surface area contributed by atoms with E-state index in [2.05, 4.69) is 0 Å². The van der Waals surface area contributed by atoms with Crippen molar-refractivity contribution in [3.05, 3.63) is 53.1 Å². The van der Waals surface area contributed by atoms with Gasteiger partial charge in [0, 0.05) is 14.8 Å². The Kier molecular flexibility index (Phi) is 3.96. The molecule has 0 aliphatic rings. The largest absolute Gasteiger partial charge is 0.507 e. The SMILES string of the molecule is Oc1ccc(Sc2ccc(Cl)cc2)cc1C(F)(F)F. The van der Waals surface area contributed by atoms with Crippen LogP contribution in [-0.4, -0.2) is 5.11 Å². The third kappa shape index (κ3) is 3.58. The highest BCUT2D eigenvalue weighted by Gasteiger charge is 2.34. The number of aromatic hydroxyl groups is 1. The van der Waals surface area contributed by atoms with E-state index in [1.807, 2.05) is 0 Å². The Morgan fingerprint density at radius 1 is 0.947 bits per heavy atom. The predicted molar refractivity (Wildman–Crippen MR) is 68.7 cm³/mol. The molecular weight excluding hydrogens is 297 g/mol. The first-order valence-corrected chi connectivity index (χ1v) is 6.39. The van der Waals surface area contributed by atoms with Crippen molar-refractivity contribution in [1.29, 1.82) is 0 Å². The summed E-state index contributed by atoms with van der Waals surface area (Å²) in [5.74, 6) is -0.770.